The molecular formula is C36H45N11O5S. The monoisotopic (exact) mass is 743 g/mol. The van der Waals surface area contributed by atoms with Gasteiger partial charge in [-0.15, -0.1) is 11.8 Å². The summed E-state index contributed by atoms with van der Waals surface area (Å²) in [6.45, 7) is 9.40. The number of amides is 3. The molecule has 0 spiro atoms. The topological polar surface area (TPSA) is 202 Å². The molecule has 4 heterocycles. The van der Waals surface area contributed by atoms with Crippen LogP contribution in [-0.4, -0.2) is 104 Å². The summed E-state index contributed by atoms with van der Waals surface area (Å²) >= 11 is 1.50. The number of carbonyl (C=O) groups excluding carboxylic acids is 3. The van der Waals surface area contributed by atoms with Crippen LogP contribution in [0, 0.1) is 6.92 Å². The van der Waals surface area contributed by atoms with Gasteiger partial charge in [-0.1, -0.05) is 12.2 Å². The summed E-state index contributed by atoms with van der Waals surface area (Å²) in [5, 5.41) is 10.5. The van der Waals surface area contributed by atoms with Gasteiger partial charge in [-0.3, -0.25) is 29.3 Å². The number of nitrogens with one attached hydrogen (secondary N) is 2. The van der Waals surface area contributed by atoms with E-state index in [1.54, 1.807) is 42.1 Å². The van der Waals surface area contributed by atoms with E-state index in [0.29, 0.717) is 79.0 Å². The average molecular weight is 744 g/mol. The van der Waals surface area contributed by atoms with Gasteiger partial charge >= 0.3 is 0 Å². The molecule has 0 bridgehead atoms. The van der Waals surface area contributed by atoms with Crippen molar-refractivity contribution in [3.05, 3.63) is 65.0 Å². The molecule has 6 N–H and O–H groups in total. The normalized spacial score (nSPS) is 13.7. The van der Waals surface area contributed by atoms with Gasteiger partial charge in [0.2, 0.25) is 23.7 Å². The summed E-state index contributed by atoms with van der Waals surface area (Å²) in [5.74, 6) is -0.189. The van der Waals surface area contributed by atoms with Gasteiger partial charge in [-0.25, -0.2) is 9.97 Å². The van der Waals surface area contributed by atoms with Crippen LogP contribution in [0.2, 0.25) is 0 Å². The average Bonchev–Trinajstić information content (AvgIpc) is 3.83. The maximum absolute atomic E-state index is 13.7. The maximum atomic E-state index is 13.7. The van der Waals surface area contributed by atoms with Gasteiger partial charge in [0.25, 0.3) is 5.91 Å². The molecule has 53 heavy (non-hydrogen) atoms. The first-order valence-corrected chi connectivity index (χ1v) is 18.7. The van der Waals surface area contributed by atoms with Gasteiger partial charge in [0, 0.05) is 62.3 Å². The maximum Gasteiger partial charge on any atom is 0.276 e. The van der Waals surface area contributed by atoms with Crippen molar-refractivity contribution in [1.29, 1.82) is 0 Å². The third kappa shape index (κ3) is 8.16. The number of allylic oxidation sites excluding steroid dienone is 2. The molecule has 2 aromatic carbocycles. The number of aryl methyl sites for hydroxylation is 2. The number of rotatable bonds is 16. The fraction of sp³-hybridized carbons (Fsp3) is 0.389. The number of hydrogen-bond donors (Lipinski definition) is 4. The Morgan fingerprint density at radius 1 is 0.943 bits per heavy atom. The predicted molar refractivity (Wildman–Crippen MR) is 205 cm³/mol. The molecule has 1 aliphatic rings. The molecule has 1 aliphatic heterocycles. The van der Waals surface area contributed by atoms with E-state index in [1.165, 1.54) is 11.8 Å². The van der Waals surface area contributed by atoms with Crippen LogP contribution in [0.5, 0.6) is 5.75 Å². The van der Waals surface area contributed by atoms with Crippen molar-refractivity contribution in [1.82, 2.24) is 33.8 Å². The van der Waals surface area contributed by atoms with E-state index in [9.17, 15) is 14.4 Å². The SMILES string of the molecule is CCn1nc(C)cc1C(=O)Nc1nc2cc(C(N)=O)cc(OCCCN3CCOCC3)c2n1C/C=C/Cn1c(NC)nc2cc(C(N)=O)cc(SC)c21. The zero-order chi connectivity index (χ0) is 37.6. The molecule has 6 rings (SSSR count). The third-order valence-corrected chi connectivity index (χ3v) is 9.76. The van der Waals surface area contributed by atoms with Crippen molar-refractivity contribution in [3.8, 4) is 5.75 Å². The summed E-state index contributed by atoms with van der Waals surface area (Å²) in [4.78, 5) is 50.7. The molecule has 3 amide bonds. The van der Waals surface area contributed by atoms with Crippen molar-refractivity contribution >= 4 is 63.4 Å². The molecule has 0 atom stereocenters. The van der Waals surface area contributed by atoms with E-state index in [0.717, 1.165) is 42.2 Å². The largest absolute Gasteiger partial charge is 0.491 e. The summed E-state index contributed by atoms with van der Waals surface area (Å²) in [5.41, 5.74) is 15.6. The Morgan fingerprint density at radius 2 is 1.58 bits per heavy atom. The lowest BCUT2D eigenvalue weighted by atomic mass is 10.1. The number of ether oxygens (including phenoxy) is 2. The Hall–Kier alpha value is -5.39. The van der Waals surface area contributed by atoms with Gasteiger partial charge in [-0.2, -0.15) is 5.10 Å². The smallest absolute Gasteiger partial charge is 0.276 e. The minimum atomic E-state index is -0.618. The highest BCUT2D eigenvalue weighted by atomic mass is 32.2. The predicted octanol–water partition coefficient (Wildman–Crippen LogP) is 3.48. The Bertz CT molecular complexity index is 2180. The molecule has 0 radical (unpaired) electrons. The molecule has 280 valence electrons. The second kappa shape index (κ2) is 16.5. The van der Waals surface area contributed by atoms with Crippen molar-refractivity contribution in [3.63, 3.8) is 0 Å². The van der Waals surface area contributed by atoms with Crippen LogP contribution in [0.25, 0.3) is 22.1 Å². The van der Waals surface area contributed by atoms with Crippen molar-refractivity contribution < 1.29 is 23.9 Å². The number of benzene rings is 2. The number of nitrogens with zero attached hydrogens (tertiary/aromatic N) is 7. The van der Waals surface area contributed by atoms with Gasteiger partial charge < -0.3 is 35.4 Å². The van der Waals surface area contributed by atoms with Gasteiger partial charge in [0.1, 0.15) is 17.0 Å². The second-order valence-electron chi connectivity index (χ2n) is 12.5. The minimum absolute atomic E-state index is 0.245. The first kappa shape index (κ1) is 37.4. The summed E-state index contributed by atoms with van der Waals surface area (Å²) < 4.78 is 17.3. The molecule has 5 aromatic rings. The highest BCUT2D eigenvalue weighted by Gasteiger charge is 2.22. The second-order valence-corrected chi connectivity index (χ2v) is 13.4. The van der Waals surface area contributed by atoms with E-state index in [1.807, 2.05) is 41.4 Å². The Labute approximate surface area is 310 Å². The van der Waals surface area contributed by atoms with E-state index in [4.69, 9.17) is 30.9 Å². The lowest BCUT2D eigenvalue weighted by Gasteiger charge is -2.26. The van der Waals surface area contributed by atoms with Crippen LogP contribution in [0.15, 0.2) is 47.4 Å². The Balaban J connectivity index is 1.35. The third-order valence-electron chi connectivity index (χ3n) is 9.01. The number of hydrogen-bond acceptors (Lipinski definition) is 11. The minimum Gasteiger partial charge on any atom is -0.491 e. The molecule has 17 heteroatoms. The van der Waals surface area contributed by atoms with E-state index in [2.05, 4.69) is 20.6 Å². The fourth-order valence-electron chi connectivity index (χ4n) is 6.44. The first-order chi connectivity index (χ1) is 25.6. The number of aromatic nitrogens is 6. The standard InChI is InChI=1S/C36H45N11O5S/c1-5-47-27(17-22(2)43-47)34(50)42-36-41-25-18-23(32(37)48)20-28(52-14-8-9-44-12-15-51-16-13-44)30(25)45(36)10-6-7-11-46-31-26(40-35(46)39-3)19-24(33(38)49)21-29(31)53-4/h6-7,17-21H,5,8-16H2,1-4H3,(H2,37,48)(H2,38,49)(H,39,40)(H,41,42,50)/b7-6+. The highest BCUT2D eigenvalue weighted by molar-refractivity contribution is 7.98. The molecule has 1 saturated heterocycles. The van der Waals surface area contributed by atoms with Gasteiger partial charge in [0.05, 0.1) is 42.1 Å². The van der Waals surface area contributed by atoms with Crippen LogP contribution >= 0.6 is 11.8 Å². The number of carbonyl (C=O) groups is 3. The Morgan fingerprint density at radius 3 is 2.23 bits per heavy atom. The van der Waals surface area contributed by atoms with Crippen molar-refractivity contribution in [2.45, 2.75) is 44.8 Å². The molecule has 0 saturated carbocycles. The van der Waals surface area contributed by atoms with Crippen LogP contribution in [0.1, 0.15) is 50.2 Å². The van der Waals surface area contributed by atoms with E-state index < -0.39 is 11.8 Å². The van der Waals surface area contributed by atoms with Crippen LogP contribution in [-0.2, 0) is 24.4 Å². The van der Waals surface area contributed by atoms with Crippen LogP contribution in [0.3, 0.4) is 0 Å². The zero-order valence-corrected chi connectivity index (χ0v) is 31.2. The first-order valence-electron chi connectivity index (χ1n) is 17.4. The number of primary amides is 2. The van der Waals surface area contributed by atoms with Crippen molar-refractivity contribution in [2.24, 2.45) is 11.5 Å². The molecule has 0 unspecified atom stereocenters. The number of imidazole rings is 2. The number of anilines is 2. The highest BCUT2D eigenvalue weighted by Crippen LogP contribution is 2.33. The summed E-state index contributed by atoms with van der Waals surface area (Å²) in [7, 11) is 1.79. The van der Waals surface area contributed by atoms with E-state index in [-0.39, 0.29) is 17.4 Å². The number of fused-ring (bicyclic) bond motifs is 2. The summed E-state index contributed by atoms with van der Waals surface area (Å²) in [6.07, 6.45) is 6.64. The lowest BCUT2D eigenvalue weighted by molar-refractivity contribution is 0.0358. The lowest BCUT2D eigenvalue weighted by Crippen LogP contribution is -2.37. The zero-order valence-electron chi connectivity index (χ0n) is 30.3. The summed E-state index contributed by atoms with van der Waals surface area (Å²) in [6, 6.07) is 8.43. The number of nitrogens with two attached hydrogens (primary N) is 2. The fourth-order valence-corrected chi connectivity index (χ4v) is 7.09. The quantitative estimate of drug-likeness (QED) is 0.0655. The van der Waals surface area contributed by atoms with Gasteiger partial charge in [0.15, 0.2) is 0 Å². The number of thioether (sulfide) groups is 1. The molecule has 3 aromatic heterocycles. The molecule has 16 nitrogen and oxygen atoms in total. The van der Waals surface area contributed by atoms with Crippen LogP contribution in [0.4, 0.5) is 11.9 Å². The van der Waals surface area contributed by atoms with Crippen molar-refractivity contribution in [2.75, 3.05) is 63.4 Å². The van der Waals surface area contributed by atoms with Crippen LogP contribution < -0.4 is 26.8 Å². The Kier molecular flexibility index (Phi) is 11.6. The molecular weight excluding hydrogens is 699 g/mol. The van der Waals surface area contributed by atoms with Gasteiger partial charge in [-0.05, 0) is 56.9 Å². The number of morpholine rings is 1. The molecule has 0 aliphatic carbocycles. The molecule has 1 fully saturated rings. The van der Waals surface area contributed by atoms with E-state index >= 15 is 0 Å².